The van der Waals surface area contributed by atoms with E-state index in [1.165, 1.54) is 28.8 Å². The third kappa shape index (κ3) is 14.1. The Labute approximate surface area is 392 Å². The number of hydrogen-bond donors (Lipinski definition) is 2. The van der Waals surface area contributed by atoms with E-state index in [0.29, 0.717) is 67.7 Å². The van der Waals surface area contributed by atoms with Crippen LogP contribution in [0.5, 0.6) is 0 Å². The molecule has 2 N–H and O–H groups in total. The van der Waals surface area contributed by atoms with Gasteiger partial charge in [0.1, 0.15) is 11.6 Å². The summed E-state index contributed by atoms with van der Waals surface area (Å²) in [6.45, 7) is 25.4. The number of aryl methyl sites for hydroxylation is 2. The van der Waals surface area contributed by atoms with Gasteiger partial charge in [-0.2, -0.15) is 15.0 Å². The van der Waals surface area contributed by atoms with Crippen molar-refractivity contribution in [2.45, 2.75) is 108 Å². The average Bonchev–Trinajstić information content (AvgIpc) is 3.71. The number of aromatic nitrogens is 5. The number of amides is 2. The minimum atomic E-state index is -2.81. The molecule has 0 spiro atoms. The maximum atomic E-state index is 14.4. The van der Waals surface area contributed by atoms with Crippen LogP contribution in [0.2, 0.25) is 0 Å². The first-order valence-corrected chi connectivity index (χ1v) is 23.2. The van der Waals surface area contributed by atoms with E-state index in [4.69, 9.17) is 24.5 Å². The summed E-state index contributed by atoms with van der Waals surface area (Å²) in [5.74, 6) is -1.10. The number of hydrogen-bond acceptors (Lipinski definition) is 11. The molecule has 0 aliphatic carbocycles. The van der Waals surface area contributed by atoms with Crippen LogP contribution in [0, 0.1) is 30.9 Å². The number of anilines is 4. The summed E-state index contributed by atoms with van der Waals surface area (Å²) in [7, 11) is 0. The number of carbonyl (C=O) groups excluding carboxylic acids is 2. The molecule has 0 radical (unpaired) electrons. The molecule has 0 saturated carbocycles. The Balaban J connectivity index is 0.000000331. The molecule has 1 fully saturated rings. The number of halogens is 4. The van der Waals surface area contributed by atoms with Gasteiger partial charge in [0.15, 0.2) is 5.82 Å². The van der Waals surface area contributed by atoms with Crippen LogP contribution < -0.4 is 20.6 Å². The number of hydroxylamine groups is 1. The summed E-state index contributed by atoms with van der Waals surface area (Å²) in [5, 5.41) is 2.67. The van der Waals surface area contributed by atoms with Crippen molar-refractivity contribution in [3.05, 3.63) is 88.7 Å². The van der Waals surface area contributed by atoms with Gasteiger partial charge in [-0.15, -0.1) is 0 Å². The van der Waals surface area contributed by atoms with Crippen molar-refractivity contribution in [2.75, 3.05) is 67.6 Å². The van der Waals surface area contributed by atoms with Gasteiger partial charge in [-0.05, 0) is 95.3 Å². The molecule has 2 amide bonds. The minimum Gasteiger partial charge on any atom is -0.379 e. The van der Waals surface area contributed by atoms with E-state index >= 15 is 0 Å². The molecule has 0 atom stereocenters. The molecule has 1 aliphatic rings. The number of nitrogens with one attached hydrogen (secondary N) is 2. The Kier molecular flexibility index (Phi) is 20.3. The summed E-state index contributed by atoms with van der Waals surface area (Å²) >= 11 is 0. The number of ether oxygens (including phenoxy) is 1. The lowest BCUT2D eigenvalue weighted by Crippen LogP contribution is -2.52. The highest BCUT2D eigenvalue weighted by Gasteiger charge is 2.34. The normalized spacial score (nSPS) is 12.7. The van der Waals surface area contributed by atoms with E-state index in [2.05, 4.69) is 34.5 Å². The maximum absolute atomic E-state index is 14.4. The van der Waals surface area contributed by atoms with Crippen LogP contribution in [-0.2, 0) is 14.4 Å². The van der Waals surface area contributed by atoms with Crippen molar-refractivity contribution in [1.82, 2.24) is 34.9 Å². The van der Waals surface area contributed by atoms with E-state index < -0.39 is 35.2 Å². The van der Waals surface area contributed by atoms with E-state index in [0.717, 1.165) is 31.5 Å². The number of fused-ring (bicyclic) bond motifs is 1. The summed E-state index contributed by atoms with van der Waals surface area (Å²) < 4.78 is 63.9. The molecule has 6 rings (SSSR count). The topological polar surface area (TPSA) is 143 Å². The van der Waals surface area contributed by atoms with Gasteiger partial charge in [0, 0.05) is 51.3 Å². The number of para-hydroxylation sites is 2. The molecule has 1 saturated heterocycles. The zero-order chi connectivity index (χ0) is 49.4. The van der Waals surface area contributed by atoms with Gasteiger partial charge >= 0.3 is 0 Å². The first-order valence-electron chi connectivity index (χ1n) is 23.2. The van der Waals surface area contributed by atoms with Crippen LogP contribution in [0.4, 0.5) is 40.8 Å². The second-order valence-electron chi connectivity index (χ2n) is 16.7. The Morgan fingerprint density at radius 2 is 1.52 bits per heavy atom. The van der Waals surface area contributed by atoms with Crippen molar-refractivity contribution >= 4 is 46.1 Å². The smallest absolute Gasteiger partial charge is 0.296 e. The third-order valence-corrected chi connectivity index (χ3v) is 10.7. The quantitative estimate of drug-likeness (QED) is 0.0640. The van der Waals surface area contributed by atoms with Gasteiger partial charge < -0.3 is 24.8 Å². The first kappa shape index (κ1) is 53.7. The monoisotopic (exact) mass is 937 g/mol. The van der Waals surface area contributed by atoms with Crippen molar-refractivity contribution in [1.29, 1.82) is 0 Å². The molecule has 3 aromatic carbocycles. The third-order valence-electron chi connectivity index (χ3n) is 10.7. The summed E-state index contributed by atoms with van der Waals surface area (Å²) in [4.78, 5) is 54.7. The largest absolute Gasteiger partial charge is 0.379 e. The summed E-state index contributed by atoms with van der Waals surface area (Å²) in [6.07, 6.45) is -0.290. The van der Waals surface area contributed by atoms with Crippen LogP contribution >= 0.6 is 0 Å². The molecule has 67 heavy (non-hydrogen) atoms. The van der Waals surface area contributed by atoms with Crippen molar-refractivity contribution < 1.29 is 36.7 Å². The standard InChI is InChI=1S/C30H44F2N8O2.C17H18F2N2O2.C2H6/c1-7-14-38(15-8-2)27-34-28(36-29(35-27)40-23-12-10-9-11-22(23)33-25(40)24(31)32)39-18-16-37(17-19-39)26(41)30(5,6)13-20-42-21(3)4;1-4-23-21-17(22)12-7-6-11(3)15(19)16(12)20-14-8-5-10(2)9-13(14)18;1-2/h9-12,21,24H,7-8,13-20H2,1-6H3;5-9,20H,4H2,1-3H3,(H,21,22);1-2H3. The number of alkyl halides is 2. The molecule has 18 heteroatoms. The van der Waals surface area contributed by atoms with Gasteiger partial charge in [0.2, 0.25) is 23.8 Å². The zero-order valence-corrected chi connectivity index (χ0v) is 40.9. The van der Waals surface area contributed by atoms with Gasteiger partial charge in [0.25, 0.3) is 12.3 Å². The fourth-order valence-corrected chi connectivity index (χ4v) is 7.21. The molecule has 5 aromatic rings. The van der Waals surface area contributed by atoms with Gasteiger partial charge in [-0.25, -0.2) is 28.0 Å². The SMILES string of the molecule is CC.CCCN(CCC)c1nc(N2CCN(C(=O)C(C)(C)CCOC(C)C)CC2)nc(-n2c(C(F)F)nc3ccccc32)n1.CCONC(=O)c1ccc(C)c(F)c1Nc1ccc(C)cc1F. The van der Waals surface area contributed by atoms with Gasteiger partial charge in [-0.1, -0.05) is 65.8 Å². The summed E-state index contributed by atoms with van der Waals surface area (Å²) in [6, 6.07) is 14.5. The number of imidazole rings is 1. The molecule has 2 aromatic heterocycles. The summed E-state index contributed by atoms with van der Waals surface area (Å²) in [5.41, 5.74) is 3.73. The van der Waals surface area contributed by atoms with Crippen molar-refractivity contribution in [3.8, 4) is 5.95 Å². The Morgan fingerprint density at radius 3 is 2.13 bits per heavy atom. The average molecular weight is 937 g/mol. The Bertz CT molecular complexity index is 2380. The van der Waals surface area contributed by atoms with Gasteiger partial charge in [0.05, 0.1) is 40.7 Å². The lowest BCUT2D eigenvalue weighted by Gasteiger charge is -2.39. The molecule has 1 aliphatic heterocycles. The fourth-order valence-electron chi connectivity index (χ4n) is 7.21. The highest BCUT2D eigenvalue weighted by atomic mass is 19.3. The molecule has 0 unspecified atom stereocenters. The Morgan fingerprint density at radius 1 is 0.866 bits per heavy atom. The molecular formula is C49H68F4N10O4. The van der Waals surface area contributed by atoms with E-state index in [1.807, 2.05) is 51.3 Å². The maximum Gasteiger partial charge on any atom is 0.296 e. The molecule has 14 nitrogen and oxygen atoms in total. The van der Waals surface area contributed by atoms with Crippen LogP contribution in [0.1, 0.15) is 115 Å². The highest BCUT2D eigenvalue weighted by molar-refractivity contribution is 6.00. The van der Waals surface area contributed by atoms with Crippen molar-refractivity contribution in [2.24, 2.45) is 5.41 Å². The second kappa shape index (κ2) is 25.3. The van der Waals surface area contributed by atoms with Crippen LogP contribution in [0.25, 0.3) is 17.0 Å². The lowest BCUT2D eigenvalue weighted by atomic mass is 9.87. The van der Waals surface area contributed by atoms with Crippen molar-refractivity contribution in [3.63, 3.8) is 0 Å². The predicted octanol–water partition coefficient (Wildman–Crippen LogP) is 10.3. The van der Waals surface area contributed by atoms with E-state index in [9.17, 15) is 27.2 Å². The van der Waals surface area contributed by atoms with Crippen LogP contribution in [0.15, 0.2) is 54.6 Å². The number of carbonyl (C=O) groups is 2. The zero-order valence-electron chi connectivity index (χ0n) is 40.9. The highest BCUT2D eigenvalue weighted by Crippen LogP contribution is 2.31. The number of nitrogens with zero attached hydrogens (tertiary/aromatic N) is 8. The lowest BCUT2D eigenvalue weighted by molar-refractivity contribution is -0.142. The molecule has 3 heterocycles. The van der Waals surface area contributed by atoms with Crippen LogP contribution in [0.3, 0.4) is 0 Å². The van der Waals surface area contributed by atoms with Gasteiger partial charge in [-0.3, -0.25) is 19.0 Å². The van der Waals surface area contributed by atoms with E-state index in [1.54, 1.807) is 51.1 Å². The molecule has 0 bridgehead atoms. The minimum absolute atomic E-state index is 0.0292. The number of rotatable bonds is 18. The van der Waals surface area contributed by atoms with E-state index in [-0.39, 0.29) is 41.5 Å². The second-order valence-corrected chi connectivity index (χ2v) is 16.7. The number of piperazine rings is 1. The van der Waals surface area contributed by atoms with Crippen LogP contribution in [-0.4, -0.2) is 99.8 Å². The molecular weight excluding hydrogens is 869 g/mol. The fraction of sp³-hybridized carbons (Fsp3) is 0.510. The number of benzene rings is 3. The molecule has 366 valence electrons. The first-order chi connectivity index (χ1) is 32.0. The Hall–Kier alpha value is -5.88. The predicted molar refractivity (Wildman–Crippen MR) is 256 cm³/mol.